The average molecular weight is 204 g/mol. The first kappa shape index (κ1) is 9.73. The van der Waals surface area contributed by atoms with Crippen molar-refractivity contribution in [2.75, 3.05) is 5.73 Å². The van der Waals surface area contributed by atoms with Crippen LogP contribution in [-0.4, -0.2) is 10.1 Å². The van der Waals surface area contributed by atoms with Crippen LogP contribution in [0.1, 0.15) is 22.8 Å². The van der Waals surface area contributed by atoms with Gasteiger partial charge in [0.1, 0.15) is 11.9 Å². The Balaban J connectivity index is 2.46. The van der Waals surface area contributed by atoms with Crippen LogP contribution in [0.25, 0.3) is 0 Å². The minimum absolute atomic E-state index is 0.351. The minimum atomic E-state index is -0.780. The van der Waals surface area contributed by atoms with Crippen molar-refractivity contribution in [2.45, 2.75) is 13.0 Å². The normalized spacial score (nSPS) is 12.7. The molecule has 0 aliphatic heterocycles. The van der Waals surface area contributed by atoms with E-state index in [0.717, 1.165) is 5.56 Å². The predicted octanol–water partition coefficient (Wildman–Crippen LogP) is 1.65. The molecule has 0 aliphatic carbocycles. The highest BCUT2D eigenvalue weighted by Crippen LogP contribution is 2.28. The van der Waals surface area contributed by atoms with Gasteiger partial charge in [0.05, 0.1) is 12.5 Å². The molecule has 0 fully saturated rings. The lowest BCUT2D eigenvalue weighted by molar-refractivity contribution is 0.219. The molecule has 2 heterocycles. The van der Waals surface area contributed by atoms with Crippen LogP contribution in [0.5, 0.6) is 0 Å². The third kappa shape index (κ3) is 1.71. The zero-order chi connectivity index (χ0) is 10.8. The van der Waals surface area contributed by atoms with Crippen LogP contribution >= 0.6 is 0 Å². The molecule has 0 amide bonds. The highest BCUT2D eigenvalue weighted by Gasteiger charge is 2.17. The maximum Gasteiger partial charge on any atom is 0.129 e. The quantitative estimate of drug-likeness (QED) is 0.780. The first-order valence-electron chi connectivity index (χ1n) is 4.61. The van der Waals surface area contributed by atoms with E-state index in [-0.39, 0.29) is 0 Å². The first-order chi connectivity index (χ1) is 7.20. The monoisotopic (exact) mass is 204 g/mol. The van der Waals surface area contributed by atoms with Crippen LogP contribution in [0.4, 0.5) is 5.82 Å². The second-order valence-electron chi connectivity index (χ2n) is 3.39. The zero-order valence-electron chi connectivity index (χ0n) is 8.34. The van der Waals surface area contributed by atoms with E-state index < -0.39 is 6.10 Å². The van der Waals surface area contributed by atoms with Crippen molar-refractivity contribution in [3.05, 3.63) is 47.5 Å². The lowest BCUT2D eigenvalue weighted by Crippen LogP contribution is -2.06. The average Bonchev–Trinajstić information content (AvgIpc) is 2.69. The molecule has 1 unspecified atom stereocenters. The van der Waals surface area contributed by atoms with Crippen LogP contribution in [0.2, 0.25) is 0 Å². The van der Waals surface area contributed by atoms with Gasteiger partial charge in [0, 0.05) is 17.3 Å². The van der Waals surface area contributed by atoms with Crippen molar-refractivity contribution in [2.24, 2.45) is 0 Å². The van der Waals surface area contributed by atoms with Gasteiger partial charge in [-0.2, -0.15) is 0 Å². The van der Waals surface area contributed by atoms with Crippen LogP contribution in [0, 0.1) is 6.92 Å². The summed E-state index contributed by atoms with van der Waals surface area (Å²) in [5, 5.41) is 10.1. The van der Waals surface area contributed by atoms with Gasteiger partial charge in [-0.25, -0.2) is 4.98 Å². The summed E-state index contributed by atoms with van der Waals surface area (Å²) in [4.78, 5) is 3.96. The number of aliphatic hydroxyl groups excluding tert-OH is 1. The first-order valence-corrected chi connectivity index (χ1v) is 4.61. The molecule has 2 rings (SSSR count). The molecule has 0 bridgehead atoms. The Kier molecular flexibility index (Phi) is 2.43. The summed E-state index contributed by atoms with van der Waals surface area (Å²) in [5.41, 5.74) is 7.96. The van der Waals surface area contributed by atoms with Gasteiger partial charge in [0.15, 0.2) is 0 Å². The van der Waals surface area contributed by atoms with E-state index >= 15 is 0 Å². The summed E-state index contributed by atoms with van der Waals surface area (Å²) in [7, 11) is 0. The van der Waals surface area contributed by atoms with Crippen molar-refractivity contribution < 1.29 is 9.52 Å². The number of anilines is 1. The Hall–Kier alpha value is -1.81. The van der Waals surface area contributed by atoms with Gasteiger partial charge in [0.2, 0.25) is 0 Å². The molecule has 0 spiro atoms. The summed E-state index contributed by atoms with van der Waals surface area (Å²) in [6.45, 7) is 1.89. The molecule has 3 N–H and O–H groups in total. The SMILES string of the molecule is Cc1ccnc(N)c1C(O)c1ccoc1. The largest absolute Gasteiger partial charge is 0.472 e. The van der Waals surface area contributed by atoms with Gasteiger partial charge >= 0.3 is 0 Å². The molecule has 2 aromatic heterocycles. The third-order valence-electron chi connectivity index (χ3n) is 2.37. The fourth-order valence-electron chi connectivity index (χ4n) is 1.54. The van der Waals surface area contributed by atoms with Crippen LogP contribution in [0.15, 0.2) is 35.3 Å². The van der Waals surface area contributed by atoms with Crippen LogP contribution in [-0.2, 0) is 0 Å². The number of pyridine rings is 1. The summed E-state index contributed by atoms with van der Waals surface area (Å²) >= 11 is 0. The van der Waals surface area contributed by atoms with Gasteiger partial charge in [-0.3, -0.25) is 0 Å². The summed E-state index contributed by atoms with van der Waals surface area (Å²) < 4.78 is 4.92. The topological polar surface area (TPSA) is 72.3 Å². The Morgan fingerprint density at radius 3 is 2.87 bits per heavy atom. The second kappa shape index (κ2) is 3.74. The molecule has 2 aromatic rings. The number of aromatic nitrogens is 1. The van der Waals surface area contributed by atoms with E-state index in [2.05, 4.69) is 4.98 Å². The van der Waals surface area contributed by atoms with E-state index in [1.165, 1.54) is 12.5 Å². The number of nitrogen functional groups attached to an aromatic ring is 1. The standard InChI is InChI=1S/C11H12N2O2/c1-7-2-4-13-11(12)9(7)10(14)8-3-5-15-6-8/h2-6,10,14H,1H3,(H2,12,13). The van der Waals surface area contributed by atoms with E-state index in [0.29, 0.717) is 16.9 Å². The molecule has 0 saturated carbocycles. The van der Waals surface area contributed by atoms with Crippen molar-refractivity contribution >= 4 is 5.82 Å². The van der Waals surface area contributed by atoms with Crippen molar-refractivity contribution in [1.29, 1.82) is 0 Å². The van der Waals surface area contributed by atoms with E-state index in [9.17, 15) is 5.11 Å². The molecular formula is C11H12N2O2. The van der Waals surface area contributed by atoms with Gasteiger partial charge < -0.3 is 15.3 Å². The minimum Gasteiger partial charge on any atom is -0.472 e. The summed E-state index contributed by atoms with van der Waals surface area (Å²) in [6, 6.07) is 3.52. The molecule has 4 nitrogen and oxygen atoms in total. The molecule has 0 saturated heterocycles. The number of hydrogen-bond acceptors (Lipinski definition) is 4. The lowest BCUT2D eigenvalue weighted by Gasteiger charge is -2.13. The lowest BCUT2D eigenvalue weighted by atomic mass is 10.0. The maximum absolute atomic E-state index is 10.1. The number of aryl methyl sites for hydroxylation is 1. The fourth-order valence-corrected chi connectivity index (χ4v) is 1.54. The van der Waals surface area contributed by atoms with Gasteiger partial charge in [-0.05, 0) is 24.6 Å². The number of aliphatic hydroxyl groups is 1. The van der Waals surface area contributed by atoms with Gasteiger partial charge in [-0.15, -0.1) is 0 Å². The van der Waals surface area contributed by atoms with Crippen molar-refractivity contribution in [3.63, 3.8) is 0 Å². The fraction of sp³-hybridized carbons (Fsp3) is 0.182. The summed E-state index contributed by atoms with van der Waals surface area (Å²) in [6.07, 6.45) is 3.85. The second-order valence-corrected chi connectivity index (χ2v) is 3.39. The molecule has 0 aliphatic rings. The van der Waals surface area contributed by atoms with Crippen molar-refractivity contribution in [1.82, 2.24) is 4.98 Å². The van der Waals surface area contributed by atoms with Crippen LogP contribution < -0.4 is 5.73 Å². The number of nitrogens with two attached hydrogens (primary N) is 1. The number of furan rings is 1. The smallest absolute Gasteiger partial charge is 0.129 e. The van der Waals surface area contributed by atoms with Gasteiger partial charge in [0.25, 0.3) is 0 Å². The molecule has 15 heavy (non-hydrogen) atoms. The molecule has 0 aromatic carbocycles. The van der Waals surface area contributed by atoms with E-state index in [4.69, 9.17) is 10.2 Å². The number of hydrogen-bond donors (Lipinski definition) is 2. The van der Waals surface area contributed by atoms with E-state index in [1.54, 1.807) is 12.3 Å². The Morgan fingerprint density at radius 1 is 1.47 bits per heavy atom. The molecular weight excluding hydrogens is 192 g/mol. The van der Waals surface area contributed by atoms with Crippen LogP contribution in [0.3, 0.4) is 0 Å². The molecule has 4 heteroatoms. The Bertz CT molecular complexity index is 431. The Labute approximate surface area is 87.4 Å². The Morgan fingerprint density at radius 2 is 2.27 bits per heavy atom. The predicted molar refractivity (Wildman–Crippen MR) is 56.2 cm³/mol. The maximum atomic E-state index is 10.1. The third-order valence-corrected chi connectivity index (χ3v) is 2.37. The number of rotatable bonds is 2. The molecule has 78 valence electrons. The molecule has 1 atom stereocenters. The molecule has 0 radical (unpaired) electrons. The zero-order valence-corrected chi connectivity index (χ0v) is 8.34. The highest BCUT2D eigenvalue weighted by molar-refractivity contribution is 5.48. The summed E-state index contributed by atoms with van der Waals surface area (Å²) in [5.74, 6) is 0.351. The van der Waals surface area contributed by atoms with E-state index in [1.807, 2.05) is 13.0 Å². The number of nitrogens with zero attached hydrogens (tertiary/aromatic N) is 1. The van der Waals surface area contributed by atoms with Gasteiger partial charge in [-0.1, -0.05) is 0 Å². The van der Waals surface area contributed by atoms with Crippen molar-refractivity contribution in [3.8, 4) is 0 Å². The highest BCUT2D eigenvalue weighted by atomic mass is 16.3.